The molecule has 0 unspecified atom stereocenters. The lowest BCUT2D eigenvalue weighted by molar-refractivity contribution is 0.553. The molecule has 0 saturated carbocycles. The number of benzene rings is 1. The Balaban J connectivity index is 0.000000404. The lowest BCUT2D eigenvalue weighted by Crippen LogP contribution is -1.66. The molecule has 0 saturated heterocycles. The highest BCUT2D eigenvalue weighted by Gasteiger charge is 1.78. The fourth-order valence-electron chi connectivity index (χ4n) is 3.85. The molecule has 0 amide bonds. The van der Waals surface area contributed by atoms with Crippen molar-refractivity contribution in [3.8, 4) is 0 Å². The van der Waals surface area contributed by atoms with Crippen LogP contribution < -0.4 is 0 Å². The van der Waals surface area contributed by atoms with E-state index in [9.17, 15) is 0 Å². The first-order valence-corrected chi connectivity index (χ1v) is 23.0. The van der Waals surface area contributed by atoms with Crippen LogP contribution in [0.1, 0.15) is 25.7 Å². The maximum Gasteiger partial charge on any atom is 0.203 e. The zero-order valence-electron chi connectivity index (χ0n) is 41.6. The Bertz CT molecular complexity index is 1870. The summed E-state index contributed by atoms with van der Waals surface area (Å²) >= 11 is 0. The fourth-order valence-corrected chi connectivity index (χ4v) is 3.85. The van der Waals surface area contributed by atoms with E-state index in [1.165, 1.54) is 12.8 Å². The molecule has 75 heavy (non-hydrogen) atoms. The van der Waals surface area contributed by atoms with Crippen molar-refractivity contribution in [2.75, 3.05) is 26.3 Å². The van der Waals surface area contributed by atoms with Crippen molar-refractivity contribution >= 4 is 43.5 Å². The molecule has 0 radical (unpaired) electrons. The fraction of sp³-hybridized carbons (Fsp3) is 0.148. The molecule has 384 valence electrons. The maximum atomic E-state index is 4.36. The van der Waals surface area contributed by atoms with E-state index in [2.05, 4.69) is 106 Å². The molecule has 5 aromatic heterocycles. The normalized spacial score (nSPS) is 13.1. The molecule has 21 heteroatoms. The van der Waals surface area contributed by atoms with Gasteiger partial charge in [0.25, 0.3) is 0 Å². The molecule has 13 heterocycles. The molecular weight excluding hydrogens is 945 g/mol. The second-order valence-corrected chi connectivity index (χ2v) is 12.7. The van der Waals surface area contributed by atoms with Gasteiger partial charge in [0.05, 0.1) is 19.6 Å². The van der Waals surface area contributed by atoms with Crippen molar-refractivity contribution in [1.29, 1.82) is 0 Å². The minimum absolute atomic E-state index is 0.417. The minimum atomic E-state index is 0.417. The lowest BCUT2D eigenvalue weighted by Gasteiger charge is -1.70. The zero-order chi connectivity index (χ0) is 53.0. The predicted octanol–water partition coefficient (Wildman–Crippen LogP) is 11.8. The van der Waals surface area contributed by atoms with Gasteiger partial charge in [0.1, 0.15) is 0 Å². The summed E-state index contributed by atoms with van der Waals surface area (Å²) in [7, 11) is 0. The monoisotopic (exact) mass is 1010 g/mol. The van der Waals surface area contributed by atoms with Gasteiger partial charge in [-0.2, -0.15) is 20.4 Å². The Hall–Kier alpha value is -10.2. The number of aliphatic imine (C=N–C) groups is 5. The average Bonchev–Trinajstić information content (AvgIpc) is 4.35. The smallest absolute Gasteiger partial charge is 0.203 e. The van der Waals surface area contributed by atoms with Crippen molar-refractivity contribution < 1.29 is 4.42 Å². The van der Waals surface area contributed by atoms with Crippen LogP contribution in [0.3, 0.4) is 0 Å². The van der Waals surface area contributed by atoms with Crippen LogP contribution in [0, 0.1) is 0 Å². The van der Waals surface area contributed by atoms with Gasteiger partial charge in [-0.25, -0.2) is 0 Å². The molecule has 0 N–H and O–H groups in total. The zero-order valence-corrected chi connectivity index (χ0v) is 41.6. The Morgan fingerprint density at radius 1 is 0.320 bits per heavy atom. The van der Waals surface area contributed by atoms with Crippen LogP contribution in [-0.4, -0.2) is 105 Å². The average molecular weight is 1010 g/mol. The van der Waals surface area contributed by atoms with Gasteiger partial charge >= 0.3 is 0 Å². The Morgan fingerprint density at radius 2 is 0.707 bits per heavy atom. The number of rotatable bonds is 0. The summed E-state index contributed by atoms with van der Waals surface area (Å²) in [5, 5.41) is 33.9. The summed E-state index contributed by atoms with van der Waals surface area (Å²) in [6, 6.07) is 29.1. The van der Waals surface area contributed by atoms with E-state index in [0.29, 0.717) is 6.67 Å². The van der Waals surface area contributed by atoms with Crippen molar-refractivity contribution in [2.24, 2.45) is 66.1 Å². The van der Waals surface area contributed by atoms with E-state index in [4.69, 9.17) is 0 Å². The number of hydrogen-bond donors (Lipinski definition) is 0. The van der Waals surface area contributed by atoms with E-state index < -0.39 is 0 Å². The predicted molar refractivity (Wildman–Crippen MR) is 302 cm³/mol. The summed E-state index contributed by atoms with van der Waals surface area (Å²) in [6.45, 7) is 2.97. The molecule has 0 spiro atoms. The van der Waals surface area contributed by atoms with E-state index in [1.807, 2.05) is 158 Å². The highest BCUT2D eigenvalue weighted by atomic mass is 16.3. The van der Waals surface area contributed by atoms with Gasteiger partial charge in [0.2, 0.25) is 12.8 Å². The van der Waals surface area contributed by atoms with Crippen LogP contribution in [-0.2, 0) is 0 Å². The van der Waals surface area contributed by atoms with Crippen molar-refractivity contribution in [3.05, 3.63) is 239 Å². The van der Waals surface area contributed by atoms with Crippen LogP contribution in [0.4, 0.5) is 0 Å². The number of azo groups is 1. The van der Waals surface area contributed by atoms with Crippen LogP contribution >= 0.6 is 0 Å². The molecule has 8 aliphatic heterocycles. The number of aromatic nitrogens is 7. The SMILES string of the molecule is C1=CCN=C1.C1=CCN=C1.C1=CN=CC1.C1=CN=CC1.C1=CN=CC1.C1=CN=NC1.C1=NN=CC1.C1N=NN=N1.c1ccccc1.c1ccncc1.c1ccncc1.c1ccncc1.c1cnccn1.c1nnco1. The molecule has 0 fully saturated rings. The summed E-state index contributed by atoms with van der Waals surface area (Å²) in [5.41, 5.74) is 0. The van der Waals surface area contributed by atoms with Crippen LogP contribution in [0.25, 0.3) is 0 Å². The Labute approximate surface area is 438 Å². The molecule has 0 bridgehead atoms. The molecule has 0 atom stereocenters. The van der Waals surface area contributed by atoms with E-state index >= 15 is 0 Å². The molecule has 6 aromatic rings. The van der Waals surface area contributed by atoms with Gasteiger partial charge in [0, 0.05) is 156 Å². The highest BCUT2D eigenvalue weighted by Crippen LogP contribution is 1.90. The number of allylic oxidation sites excluding steroid dienone is 5. The van der Waals surface area contributed by atoms with Crippen LogP contribution in [0.15, 0.2) is 310 Å². The lowest BCUT2D eigenvalue weighted by atomic mass is 10.4. The van der Waals surface area contributed by atoms with Crippen molar-refractivity contribution in [2.45, 2.75) is 25.7 Å². The van der Waals surface area contributed by atoms with Gasteiger partial charge in [-0.05, 0) is 65.1 Å². The molecule has 1 aromatic carbocycles. The first-order valence-electron chi connectivity index (χ1n) is 23.0. The molecule has 8 aliphatic rings. The van der Waals surface area contributed by atoms with E-state index in [1.54, 1.807) is 112 Å². The maximum absolute atomic E-state index is 4.36. The second-order valence-electron chi connectivity index (χ2n) is 12.7. The highest BCUT2D eigenvalue weighted by molar-refractivity contribution is 5.82. The summed E-state index contributed by atoms with van der Waals surface area (Å²) in [5.74, 6) is 0. The molecule has 21 nitrogen and oxygen atoms in total. The summed E-state index contributed by atoms with van der Waals surface area (Å²) in [4.78, 5) is 37.8. The van der Waals surface area contributed by atoms with Gasteiger partial charge < -0.3 is 4.42 Å². The minimum Gasteiger partial charge on any atom is -0.431 e. The largest absolute Gasteiger partial charge is 0.431 e. The Kier molecular flexibility index (Phi) is 50.2. The molecular formula is C54H62N20O. The van der Waals surface area contributed by atoms with Crippen LogP contribution in [0.5, 0.6) is 0 Å². The van der Waals surface area contributed by atoms with Gasteiger partial charge in [-0.15, -0.1) is 20.4 Å². The molecule has 14 rings (SSSR count). The van der Waals surface area contributed by atoms with Gasteiger partial charge in [0.15, 0.2) is 6.67 Å². The van der Waals surface area contributed by atoms with Gasteiger partial charge in [-0.3, -0.25) is 49.9 Å². The number of hydrogen-bond acceptors (Lipinski definition) is 21. The van der Waals surface area contributed by atoms with Gasteiger partial charge in [-0.1, -0.05) is 85.0 Å². The topological polar surface area (TPSA) is 264 Å². The van der Waals surface area contributed by atoms with E-state index in [0.717, 1.165) is 45.3 Å². The third-order valence-electron chi connectivity index (χ3n) is 6.99. The van der Waals surface area contributed by atoms with Crippen LogP contribution in [0.2, 0.25) is 0 Å². The number of nitrogens with zero attached hydrogens (tertiary/aromatic N) is 20. The third kappa shape index (κ3) is 58.0. The third-order valence-corrected chi connectivity index (χ3v) is 6.99. The second kappa shape index (κ2) is 59.9. The quantitative estimate of drug-likeness (QED) is 0.141. The standard InChI is InChI=1S/C6H6.3C5H5N.C4H4N2.5C4H5N.2C3H4N2.C2H2N2O.CH2N4/c4*1-2-4-6-5-3-1;1-2-6-4-3-5-1;7*1-2-4-5-3-1;1-3-4-2-5-1;1-2-4-5-3-1/h1-6H;3*1-5H;1-4H;3*1,3-4H,2H2;2*1-3H,4H2;2-3H,1H2;1-2H,3H2;1-2H;1H2. The first-order chi connectivity index (χ1) is 37.5. The summed E-state index contributed by atoms with van der Waals surface area (Å²) in [6.07, 6.45) is 59.3. The first kappa shape index (κ1) is 62.8. The van der Waals surface area contributed by atoms with Crippen molar-refractivity contribution in [3.63, 3.8) is 0 Å². The summed E-state index contributed by atoms with van der Waals surface area (Å²) < 4.78 is 4.36. The van der Waals surface area contributed by atoms with E-state index in [-0.39, 0.29) is 0 Å². The number of pyridine rings is 3. The molecule has 0 aliphatic carbocycles. The van der Waals surface area contributed by atoms with Crippen molar-refractivity contribution in [1.82, 2.24) is 35.1 Å². The Morgan fingerprint density at radius 3 is 0.827 bits per heavy atom.